The summed E-state index contributed by atoms with van der Waals surface area (Å²) in [5.74, 6) is 1.13. The lowest BCUT2D eigenvalue weighted by Crippen LogP contribution is -2.24. The molecule has 2 aromatic heterocycles. The smallest absolute Gasteiger partial charge is 0.256 e. The number of carbonyl (C=O) groups is 1. The number of methoxy groups -OCH3 is 1. The molecule has 7 nitrogen and oxygen atoms in total. The molecule has 0 aliphatic heterocycles. The van der Waals surface area contributed by atoms with Crippen LogP contribution in [0.2, 0.25) is 0 Å². The highest BCUT2D eigenvalue weighted by molar-refractivity contribution is 5.98. The zero-order valence-electron chi connectivity index (χ0n) is 15.8. The Kier molecular flexibility index (Phi) is 6.14. The predicted octanol–water partition coefficient (Wildman–Crippen LogP) is 3.21. The summed E-state index contributed by atoms with van der Waals surface area (Å²) in [7, 11) is 1.62. The van der Waals surface area contributed by atoms with E-state index in [1.54, 1.807) is 31.0 Å². The fraction of sp³-hybridized carbons (Fsp3) is 0.238. The number of benzene rings is 1. The summed E-state index contributed by atoms with van der Waals surface area (Å²) >= 11 is 0. The lowest BCUT2D eigenvalue weighted by molar-refractivity contribution is 0.0949. The van der Waals surface area contributed by atoms with Crippen molar-refractivity contribution in [3.05, 3.63) is 71.2 Å². The second-order valence-corrected chi connectivity index (χ2v) is 6.08. The van der Waals surface area contributed by atoms with Crippen LogP contribution < -0.4 is 10.1 Å². The molecule has 0 saturated carbocycles. The van der Waals surface area contributed by atoms with E-state index >= 15 is 0 Å². The van der Waals surface area contributed by atoms with Crippen molar-refractivity contribution in [3.8, 4) is 17.7 Å². The van der Waals surface area contributed by atoms with E-state index in [4.69, 9.17) is 13.9 Å². The monoisotopic (exact) mass is 379 g/mol. The van der Waals surface area contributed by atoms with Crippen molar-refractivity contribution in [3.63, 3.8) is 0 Å². The summed E-state index contributed by atoms with van der Waals surface area (Å²) in [4.78, 5) is 12.7. The van der Waals surface area contributed by atoms with Gasteiger partial charge >= 0.3 is 0 Å². The molecule has 28 heavy (non-hydrogen) atoms. The molecule has 1 N–H and O–H groups in total. The van der Waals surface area contributed by atoms with Gasteiger partial charge in [-0.05, 0) is 36.8 Å². The van der Waals surface area contributed by atoms with Crippen LogP contribution in [0.5, 0.6) is 5.75 Å². The van der Waals surface area contributed by atoms with Crippen LogP contribution in [0, 0.1) is 18.3 Å². The van der Waals surface area contributed by atoms with Crippen LogP contribution in [-0.2, 0) is 11.3 Å². The van der Waals surface area contributed by atoms with Gasteiger partial charge in [0.2, 0.25) is 5.88 Å². The number of aromatic nitrogens is 1. The number of furan rings is 1. The molecule has 1 aromatic carbocycles. The van der Waals surface area contributed by atoms with E-state index in [0.29, 0.717) is 31.4 Å². The van der Waals surface area contributed by atoms with Crippen molar-refractivity contribution in [2.45, 2.75) is 13.5 Å². The second kappa shape index (κ2) is 8.93. The van der Waals surface area contributed by atoms with Crippen LogP contribution in [0.4, 0.5) is 0 Å². The molecular formula is C21H21N3O4. The summed E-state index contributed by atoms with van der Waals surface area (Å²) in [6, 6.07) is 13.2. The largest absolute Gasteiger partial charge is 0.491 e. The SMILES string of the molecule is COCCOc1ccc(CNC(=O)c2c(C)oc(-n3cccc3)c2C#N)cc1. The standard InChI is InChI=1S/C21H21N3O4/c1-15-19(18(13-22)21(28-15)24-9-3-4-10-24)20(25)23-14-16-5-7-17(8-6-16)27-12-11-26-2/h3-10H,11-12,14H2,1-2H3,(H,23,25). The van der Waals surface area contributed by atoms with Gasteiger partial charge in [-0.25, -0.2) is 0 Å². The highest BCUT2D eigenvalue weighted by Gasteiger charge is 2.24. The molecule has 0 spiro atoms. The van der Waals surface area contributed by atoms with Gasteiger partial charge in [0.15, 0.2) is 0 Å². The first-order valence-corrected chi connectivity index (χ1v) is 8.79. The number of nitrogens with one attached hydrogen (secondary N) is 1. The maximum atomic E-state index is 12.7. The van der Waals surface area contributed by atoms with Crippen molar-refractivity contribution in [2.75, 3.05) is 20.3 Å². The van der Waals surface area contributed by atoms with Gasteiger partial charge in [0.1, 0.15) is 35.3 Å². The van der Waals surface area contributed by atoms with Crippen LogP contribution in [-0.4, -0.2) is 30.8 Å². The molecule has 0 atom stereocenters. The number of nitrogens with zero attached hydrogens (tertiary/aromatic N) is 2. The summed E-state index contributed by atoms with van der Waals surface area (Å²) in [5.41, 5.74) is 1.39. The fourth-order valence-electron chi connectivity index (χ4n) is 2.78. The Labute approximate surface area is 163 Å². The molecule has 1 amide bonds. The van der Waals surface area contributed by atoms with Gasteiger partial charge < -0.3 is 19.2 Å². The summed E-state index contributed by atoms with van der Waals surface area (Å²) in [5, 5.41) is 12.4. The molecule has 3 aromatic rings. The van der Waals surface area contributed by atoms with Crippen LogP contribution in [0.25, 0.3) is 5.88 Å². The summed E-state index contributed by atoms with van der Waals surface area (Å²) in [6.07, 6.45) is 3.52. The maximum absolute atomic E-state index is 12.7. The number of amides is 1. The summed E-state index contributed by atoms with van der Waals surface area (Å²) < 4.78 is 17.8. The Hall–Kier alpha value is -3.50. The highest BCUT2D eigenvalue weighted by atomic mass is 16.5. The molecule has 7 heteroatoms. The van der Waals surface area contributed by atoms with E-state index in [1.165, 1.54) is 0 Å². The lowest BCUT2D eigenvalue weighted by Gasteiger charge is -2.08. The topological polar surface area (TPSA) is 89.4 Å². The number of nitriles is 1. The quantitative estimate of drug-likeness (QED) is 0.607. The number of hydrogen-bond donors (Lipinski definition) is 1. The first kappa shape index (κ1) is 19.3. The molecule has 0 unspecified atom stereocenters. The normalized spacial score (nSPS) is 10.5. The predicted molar refractivity (Wildman–Crippen MR) is 102 cm³/mol. The number of aryl methyl sites for hydroxylation is 1. The van der Waals surface area contributed by atoms with E-state index in [9.17, 15) is 10.1 Å². The van der Waals surface area contributed by atoms with E-state index in [1.807, 2.05) is 36.4 Å². The lowest BCUT2D eigenvalue weighted by atomic mass is 10.1. The van der Waals surface area contributed by atoms with E-state index < -0.39 is 0 Å². The average Bonchev–Trinajstić information content (AvgIpc) is 3.34. The molecule has 0 radical (unpaired) electrons. The Morgan fingerprint density at radius 1 is 1.21 bits per heavy atom. The molecule has 3 rings (SSSR count). The van der Waals surface area contributed by atoms with Gasteiger partial charge in [-0.3, -0.25) is 9.36 Å². The number of ether oxygens (including phenoxy) is 2. The van der Waals surface area contributed by atoms with Crippen molar-refractivity contribution in [1.29, 1.82) is 5.26 Å². The molecule has 0 saturated heterocycles. The molecular weight excluding hydrogens is 358 g/mol. The third-order valence-corrected chi connectivity index (χ3v) is 4.18. The Morgan fingerprint density at radius 3 is 2.57 bits per heavy atom. The Morgan fingerprint density at radius 2 is 1.93 bits per heavy atom. The molecule has 2 heterocycles. The van der Waals surface area contributed by atoms with Crippen LogP contribution in [0.15, 0.2) is 53.2 Å². The Bertz CT molecular complexity index is 966. The van der Waals surface area contributed by atoms with Gasteiger partial charge in [0.25, 0.3) is 5.91 Å². The van der Waals surface area contributed by atoms with Gasteiger partial charge in [-0.2, -0.15) is 5.26 Å². The minimum atomic E-state index is -0.350. The number of rotatable bonds is 8. The molecule has 0 aliphatic rings. The zero-order chi connectivity index (χ0) is 19.9. The summed E-state index contributed by atoms with van der Waals surface area (Å²) in [6.45, 7) is 3.00. The first-order chi connectivity index (χ1) is 13.6. The second-order valence-electron chi connectivity index (χ2n) is 6.08. The van der Waals surface area contributed by atoms with E-state index in [2.05, 4.69) is 11.4 Å². The van der Waals surface area contributed by atoms with Gasteiger partial charge in [0.05, 0.1) is 6.61 Å². The van der Waals surface area contributed by atoms with Crippen LogP contribution in [0.3, 0.4) is 0 Å². The first-order valence-electron chi connectivity index (χ1n) is 8.79. The van der Waals surface area contributed by atoms with Gasteiger partial charge in [-0.15, -0.1) is 0 Å². The van der Waals surface area contributed by atoms with Crippen LogP contribution in [0.1, 0.15) is 27.2 Å². The maximum Gasteiger partial charge on any atom is 0.256 e. The molecule has 0 aliphatic carbocycles. The van der Waals surface area contributed by atoms with Crippen molar-refractivity contribution >= 4 is 5.91 Å². The third kappa shape index (κ3) is 4.24. The average molecular weight is 379 g/mol. The van der Waals surface area contributed by atoms with Gasteiger partial charge in [0, 0.05) is 26.0 Å². The van der Waals surface area contributed by atoms with E-state index in [-0.39, 0.29) is 17.0 Å². The minimum Gasteiger partial charge on any atom is -0.491 e. The molecule has 144 valence electrons. The fourth-order valence-corrected chi connectivity index (χ4v) is 2.78. The Balaban J connectivity index is 1.68. The third-order valence-electron chi connectivity index (χ3n) is 4.18. The van der Waals surface area contributed by atoms with E-state index in [0.717, 1.165) is 11.3 Å². The van der Waals surface area contributed by atoms with Crippen LogP contribution >= 0.6 is 0 Å². The van der Waals surface area contributed by atoms with Gasteiger partial charge in [-0.1, -0.05) is 12.1 Å². The zero-order valence-corrected chi connectivity index (χ0v) is 15.8. The van der Waals surface area contributed by atoms with Crippen molar-refractivity contribution in [2.24, 2.45) is 0 Å². The van der Waals surface area contributed by atoms with Crippen molar-refractivity contribution in [1.82, 2.24) is 9.88 Å². The number of hydrogen-bond acceptors (Lipinski definition) is 5. The molecule has 0 bridgehead atoms. The molecule has 0 fully saturated rings. The highest BCUT2D eigenvalue weighted by Crippen LogP contribution is 2.25. The minimum absolute atomic E-state index is 0.216. The number of carbonyl (C=O) groups excluding carboxylic acids is 1. The van der Waals surface area contributed by atoms with Crippen molar-refractivity contribution < 1.29 is 18.7 Å².